The monoisotopic (exact) mass is 193 g/mol. The minimum Gasteiger partial charge on any atom is -0.299 e. The molecule has 1 heterocycles. The maximum absolute atomic E-state index is 11.5. The molecule has 0 unspecified atom stereocenters. The van der Waals surface area contributed by atoms with Crippen molar-refractivity contribution in [2.45, 2.75) is 39.2 Å². The molecular formula is C10H15N3O. The number of aryl methyl sites for hydroxylation is 1. The van der Waals surface area contributed by atoms with Gasteiger partial charge in [-0.3, -0.25) is 4.79 Å². The van der Waals surface area contributed by atoms with Crippen LogP contribution in [-0.2, 0) is 17.8 Å². The Kier molecular flexibility index (Phi) is 2.61. The van der Waals surface area contributed by atoms with Crippen molar-refractivity contribution in [1.82, 2.24) is 14.8 Å². The second kappa shape index (κ2) is 3.90. The third-order valence-corrected chi connectivity index (χ3v) is 2.50. The number of nitrogens with zero attached hydrogens (tertiary/aromatic N) is 3. The van der Waals surface area contributed by atoms with E-state index in [0.717, 1.165) is 31.6 Å². The smallest absolute Gasteiger partial charge is 0.143 e. The maximum atomic E-state index is 11.5. The molecule has 4 heteroatoms. The number of ketones is 1. The molecule has 14 heavy (non-hydrogen) atoms. The number of rotatable bonds is 5. The second-order valence-electron chi connectivity index (χ2n) is 3.82. The van der Waals surface area contributed by atoms with Crippen molar-refractivity contribution in [3.05, 3.63) is 12.2 Å². The van der Waals surface area contributed by atoms with Gasteiger partial charge in [0, 0.05) is 12.5 Å². The first-order chi connectivity index (χ1) is 6.81. The lowest BCUT2D eigenvalue weighted by Gasteiger charge is -2.02. The lowest BCUT2D eigenvalue weighted by atomic mass is 10.2. The van der Waals surface area contributed by atoms with Crippen LogP contribution in [0.4, 0.5) is 0 Å². The predicted molar refractivity (Wildman–Crippen MR) is 51.7 cm³/mol. The van der Waals surface area contributed by atoms with Crippen LogP contribution in [0.3, 0.4) is 0 Å². The topological polar surface area (TPSA) is 47.8 Å². The Labute approximate surface area is 83.3 Å². The number of carbonyl (C=O) groups excluding carboxylic acids is 1. The summed E-state index contributed by atoms with van der Waals surface area (Å²) in [5.41, 5.74) is 0. The van der Waals surface area contributed by atoms with E-state index in [2.05, 4.69) is 17.0 Å². The number of hydrogen-bond acceptors (Lipinski definition) is 3. The quantitative estimate of drug-likeness (QED) is 0.706. The molecule has 0 aromatic carbocycles. The minimum atomic E-state index is 0.321. The van der Waals surface area contributed by atoms with Gasteiger partial charge in [0.15, 0.2) is 0 Å². The second-order valence-corrected chi connectivity index (χ2v) is 3.82. The summed E-state index contributed by atoms with van der Waals surface area (Å²) in [6, 6.07) is 0. The van der Waals surface area contributed by atoms with Crippen LogP contribution >= 0.6 is 0 Å². The summed E-state index contributed by atoms with van der Waals surface area (Å²) in [6.45, 7) is 2.95. The van der Waals surface area contributed by atoms with E-state index in [0.29, 0.717) is 18.1 Å². The number of hydrogen-bond donors (Lipinski definition) is 0. The Morgan fingerprint density at radius 2 is 2.43 bits per heavy atom. The lowest BCUT2D eigenvalue weighted by molar-refractivity contribution is -0.119. The van der Waals surface area contributed by atoms with Gasteiger partial charge in [0.05, 0.1) is 6.42 Å². The van der Waals surface area contributed by atoms with Gasteiger partial charge in [-0.25, -0.2) is 9.67 Å². The highest BCUT2D eigenvalue weighted by molar-refractivity contribution is 5.84. The van der Waals surface area contributed by atoms with Crippen molar-refractivity contribution < 1.29 is 4.79 Å². The largest absolute Gasteiger partial charge is 0.299 e. The highest BCUT2D eigenvalue weighted by Gasteiger charge is 2.30. The third-order valence-electron chi connectivity index (χ3n) is 2.50. The molecule has 0 aliphatic heterocycles. The van der Waals surface area contributed by atoms with Crippen LogP contribution in [0.5, 0.6) is 0 Å². The standard InChI is InChI=1S/C10H15N3O/c1-2-5-13-10(11-7-12-13)6-9(14)8-3-4-8/h7-8H,2-6H2,1H3. The van der Waals surface area contributed by atoms with Crippen LogP contribution in [0.25, 0.3) is 0 Å². The Balaban J connectivity index is 1.99. The predicted octanol–water partition coefficient (Wildman–Crippen LogP) is 1.21. The zero-order valence-electron chi connectivity index (χ0n) is 8.44. The van der Waals surface area contributed by atoms with Gasteiger partial charge < -0.3 is 0 Å². The maximum Gasteiger partial charge on any atom is 0.143 e. The fourth-order valence-corrected chi connectivity index (χ4v) is 1.53. The summed E-state index contributed by atoms with van der Waals surface area (Å²) in [6.07, 6.45) is 5.16. The molecule has 2 rings (SSSR count). The van der Waals surface area contributed by atoms with Crippen molar-refractivity contribution >= 4 is 5.78 Å². The Morgan fingerprint density at radius 3 is 3.07 bits per heavy atom. The summed E-state index contributed by atoms with van der Waals surface area (Å²) < 4.78 is 1.83. The molecule has 0 saturated heterocycles. The highest BCUT2D eigenvalue weighted by Crippen LogP contribution is 2.30. The van der Waals surface area contributed by atoms with Crippen molar-refractivity contribution in [2.75, 3.05) is 0 Å². The zero-order valence-corrected chi connectivity index (χ0v) is 8.44. The van der Waals surface area contributed by atoms with Gasteiger partial charge in [-0.2, -0.15) is 5.10 Å². The lowest BCUT2D eigenvalue weighted by Crippen LogP contribution is -2.12. The molecule has 1 saturated carbocycles. The molecule has 1 fully saturated rings. The summed E-state index contributed by atoms with van der Waals surface area (Å²) in [7, 11) is 0. The first-order valence-electron chi connectivity index (χ1n) is 5.20. The SMILES string of the molecule is CCCn1ncnc1CC(=O)C1CC1. The van der Waals surface area contributed by atoms with Gasteiger partial charge in [0.1, 0.15) is 17.9 Å². The van der Waals surface area contributed by atoms with Crippen molar-refractivity contribution in [3.8, 4) is 0 Å². The van der Waals surface area contributed by atoms with Crippen LogP contribution in [0.2, 0.25) is 0 Å². The van der Waals surface area contributed by atoms with E-state index in [1.807, 2.05) is 4.68 Å². The molecule has 0 bridgehead atoms. The highest BCUT2D eigenvalue weighted by atomic mass is 16.1. The van der Waals surface area contributed by atoms with Gasteiger partial charge in [-0.15, -0.1) is 0 Å². The summed E-state index contributed by atoms with van der Waals surface area (Å²) in [5.74, 6) is 1.47. The van der Waals surface area contributed by atoms with E-state index in [1.165, 1.54) is 6.33 Å². The average Bonchev–Trinajstić information content (AvgIpc) is 2.93. The average molecular weight is 193 g/mol. The molecule has 76 valence electrons. The summed E-state index contributed by atoms with van der Waals surface area (Å²) >= 11 is 0. The molecule has 0 N–H and O–H groups in total. The molecular weight excluding hydrogens is 178 g/mol. The molecule has 0 amide bonds. The van der Waals surface area contributed by atoms with Crippen LogP contribution in [0, 0.1) is 5.92 Å². The first-order valence-corrected chi connectivity index (χ1v) is 5.20. The van der Waals surface area contributed by atoms with E-state index in [-0.39, 0.29) is 0 Å². The van der Waals surface area contributed by atoms with Crippen LogP contribution < -0.4 is 0 Å². The van der Waals surface area contributed by atoms with Gasteiger partial charge in [-0.1, -0.05) is 6.92 Å². The van der Waals surface area contributed by atoms with Crippen molar-refractivity contribution in [1.29, 1.82) is 0 Å². The van der Waals surface area contributed by atoms with E-state index < -0.39 is 0 Å². The number of Topliss-reactive ketones (excluding diaryl/α,β-unsaturated/α-hetero) is 1. The molecule has 0 radical (unpaired) electrons. The molecule has 1 aromatic heterocycles. The summed E-state index contributed by atoms with van der Waals surface area (Å²) in [5, 5.41) is 4.09. The fourth-order valence-electron chi connectivity index (χ4n) is 1.53. The van der Waals surface area contributed by atoms with Gasteiger partial charge >= 0.3 is 0 Å². The van der Waals surface area contributed by atoms with Gasteiger partial charge in [-0.05, 0) is 19.3 Å². The van der Waals surface area contributed by atoms with E-state index >= 15 is 0 Å². The third kappa shape index (κ3) is 2.00. The fraction of sp³-hybridized carbons (Fsp3) is 0.700. The molecule has 0 spiro atoms. The zero-order chi connectivity index (χ0) is 9.97. The minimum absolute atomic E-state index is 0.321. The van der Waals surface area contributed by atoms with Gasteiger partial charge in [0.2, 0.25) is 0 Å². The molecule has 1 aliphatic carbocycles. The van der Waals surface area contributed by atoms with E-state index in [1.54, 1.807) is 0 Å². The first kappa shape index (κ1) is 9.37. The van der Waals surface area contributed by atoms with Crippen LogP contribution in [-0.4, -0.2) is 20.5 Å². The van der Waals surface area contributed by atoms with E-state index in [9.17, 15) is 4.79 Å². The van der Waals surface area contributed by atoms with Gasteiger partial charge in [0.25, 0.3) is 0 Å². The molecule has 1 aromatic rings. The normalized spacial score (nSPS) is 15.8. The Bertz CT molecular complexity index is 328. The summed E-state index contributed by atoms with van der Waals surface area (Å²) in [4.78, 5) is 15.7. The van der Waals surface area contributed by atoms with Crippen molar-refractivity contribution in [2.24, 2.45) is 5.92 Å². The number of aromatic nitrogens is 3. The number of carbonyl (C=O) groups is 1. The Hall–Kier alpha value is -1.19. The van der Waals surface area contributed by atoms with Crippen LogP contribution in [0.1, 0.15) is 32.0 Å². The Morgan fingerprint density at radius 1 is 1.64 bits per heavy atom. The molecule has 4 nitrogen and oxygen atoms in total. The van der Waals surface area contributed by atoms with E-state index in [4.69, 9.17) is 0 Å². The van der Waals surface area contributed by atoms with Crippen molar-refractivity contribution in [3.63, 3.8) is 0 Å². The molecule has 1 aliphatic rings. The molecule has 0 atom stereocenters. The van der Waals surface area contributed by atoms with Crippen LogP contribution in [0.15, 0.2) is 6.33 Å².